The lowest BCUT2D eigenvalue weighted by molar-refractivity contribution is 0.0215. The van der Waals surface area contributed by atoms with Gasteiger partial charge in [-0.05, 0) is 13.8 Å². The van der Waals surface area contributed by atoms with E-state index in [-0.39, 0.29) is 10.9 Å². The maximum absolute atomic E-state index is 5.98. The Labute approximate surface area is 126 Å². The Bertz CT molecular complexity index is 576. The molecular weight excluding hydrogens is 296 g/mol. The highest BCUT2D eigenvalue weighted by atomic mass is 32.2. The molecule has 0 aliphatic carbocycles. The van der Waals surface area contributed by atoms with Gasteiger partial charge in [-0.15, -0.1) is 23.1 Å². The summed E-state index contributed by atoms with van der Waals surface area (Å²) in [6.07, 6.45) is 0. The number of fused-ring (bicyclic) bond motifs is 1. The summed E-state index contributed by atoms with van der Waals surface area (Å²) in [5, 5.41) is 2.22. The zero-order valence-electron chi connectivity index (χ0n) is 11.4. The Kier molecular flexibility index (Phi) is 2.86. The van der Waals surface area contributed by atoms with Gasteiger partial charge in [0.1, 0.15) is 36.4 Å². The predicted octanol–water partition coefficient (Wildman–Crippen LogP) is 3.34. The molecular formula is C14H16O4S2. The summed E-state index contributed by atoms with van der Waals surface area (Å²) in [5.74, 6) is 4.58. The molecule has 3 aliphatic heterocycles. The highest BCUT2D eigenvalue weighted by molar-refractivity contribution is 8.00. The molecule has 20 heavy (non-hydrogen) atoms. The third-order valence-corrected chi connectivity index (χ3v) is 5.81. The Hall–Kier alpha value is -1.01. The van der Waals surface area contributed by atoms with Gasteiger partial charge in [-0.3, -0.25) is 0 Å². The fourth-order valence-corrected chi connectivity index (χ4v) is 4.95. The van der Waals surface area contributed by atoms with Gasteiger partial charge in [0, 0.05) is 5.38 Å². The van der Waals surface area contributed by atoms with E-state index in [9.17, 15) is 0 Å². The van der Waals surface area contributed by atoms with Crippen LogP contribution in [-0.2, 0) is 9.47 Å². The van der Waals surface area contributed by atoms with Crippen LogP contribution in [0.15, 0.2) is 16.9 Å². The highest BCUT2D eigenvalue weighted by Crippen LogP contribution is 2.54. The summed E-state index contributed by atoms with van der Waals surface area (Å²) in [6.45, 7) is 5.94. The van der Waals surface area contributed by atoms with E-state index < -0.39 is 0 Å². The van der Waals surface area contributed by atoms with E-state index in [1.165, 1.54) is 4.88 Å². The molecule has 0 radical (unpaired) electrons. The topological polar surface area (TPSA) is 36.9 Å². The lowest BCUT2D eigenvalue weighted by Crippen LogP contribution is -2.38. The van der Waals surface area contributed by atoms with E-state index in [1.54, 1.807) is 11.3 Å². The van der Waals surface area contributed by atoms with Crippen molar-refractivity contribution in [3.8, 4) is 11.5 Å². The van der Waals surface area contributed by atoms with Gasteiger partial charge in [0.2, 0.25) is 0 Å². The number of hydrogen-bond donors (Lipinski definition) is 0. The predicted molar refractivity (Wildman–Crippen MR) is 78.7 cm³/mol. The molecule has 1 aromatic heterocycles. The number of thioether (sulfide) groups is 1. The van der Waals surface area contributed by atoms with Crippen LogP contribution in [0.3, 0.4) is 0 Å². The minimum atomic E-state index is -0.261. The summed E-state index contributed by atoms with van der Waals surface area (Å²) in [6, 6.07) is 0. The molecule has 0 saturated heterocycles. The van der Waals surface area contributed by atoms with Crippen LogP contribution in [0.1, 0.15) is 24.0 Å². The average Bonchev–Trinajstić information content (AvgIpc) is 3.00. The minimum absolute atomic E-state index is 0.184. The lowest BCUT2D eigenvalue weighted by Gasteiger charge is -2.31. The second-order valence-electron chi connectivity index (χ2n) is 5.62. The van der Waals surface area contributed by atoms with Crippen molar-refractivity contribution in [1.82, 2.24) is 0 Å². The van der Waals surface area contributed by atoms with Crippen molar-refractivity contribution in [1.29, 1.82) is 0 Å². The molecule has 0 N–H and O–H groups in total. The van der Waals surface area contributed by atoms with Crippen LogP contribution >= 0.6 is 23.1 Å². The normalized spacial score (nSPS) is 26.8. The fraction of sp³-hybridized carbons (Fsp3) is 0.571. The van der Waals surface area contributed by atoms with Crippen LogP contribution in [0.2, 0.25) is 0 Å². The monoisotopic (exact) mass is 312 g/mol. The third kappa shape index (κ3) is 1.97. The second kappa shape index (κ2) is 4.49. The van der Waals surface area contributed by atoms with Crippen molar-refractivity contribution in [2.24, 2.45) is 0 Å². The van der Waals surface area contributed by atoms with Gasteiger partial charge >= 0.3 is 0 Å². The zero-order valence-corrected chi connectivity index (χ0v) is 13.1. The average molecular weight is 312 g/mol. The Morgan fingerprint density at radius 3 is 2.95 bits per heavy atom. The summed E-state index contributed by atoms with van der Waals surface area (Å²) >= 11 is 3.51. The van der Waals surface area contributed by atoms with Crippen LogP contribution < -0.4 is 9.47 Å². The minimum Gasteiger partial charge on any atom is -0.490 e. The summed E-state index contributed by atoms with van der Waals surface area (Å²) < 4.78 is 23.4. The molecule has 1 atom stereocenters. The summed E-state index contributed by atoms with van der Waals surface area (Å²) in [7, 11) is 0. The quantitative estimate of drug-likeness (QED) is 0.795. The van der Waals surface area contributed by atoms with Crippen molar-refractivity contribution in [2.75, 3.05) is 25.6 Å². The van der Waals surface area contributed by atoms with Gasteiger partial charge in [0.15, 0.2) is 17.3 Å². The molecule has 0 bridgehead atoms. The molecule has 0 fully saturated rings. The van der Waals surface area contributed by atoms with Gasteiger partial charge in [-0.1, -0.05) is 0 Å². The van der Waals surface area contributed by atoms with Crippen molar-refractivity contribution < 1.29 is 18.9 Å². The first-order valence-corrected chi connectivity index (χ1v) is 8.60. The van der Waals surface area contributed by atoms with Crippen molar-refractivity contribution in [3.63, 3.8) is 0 Å². The first-order valence-electron chi connectivity index (χ1n) is 6.67. The molecule has 6 heteroatoms. The van der Waals surface area contributed by atoms with Crippen LogP contribution in [0, 0.1) is 0 Å². The molecule has 0 spiro atoms. The maximum Gasteiger partial charge on any atom is 0.176 e. The molecule has 0 amide bonds. The SMILES string of the molecule is CC1(C)COc2c(csc2C2SCC3=C2OCCO3)O1. The van der Waals surface area contributed by atoms with Crippen LogP contribution in [0.4, 0.5) is 0 Å². The molecule has 0 aromatic carbocycles. The van der Waals surface area contributed by atoms with Crippen molar-refractivity contribution in [3.05, 3.63) is 21.8 Å². The molecule has 1 unspecified atom stereocenters. The maximum atomic E-state index is 5.98. The van der Waals surface area contributed by atoms with Crippen LogP contribution in [0.25, 0.3) is 0 Å². The Morgan fingerprint density at radius 2 is 2.05 bits per heavy atom. The first-order chi connectivity index (χ1) is 9.64. The molecule has 108 valence electrons. The van der Waals surface area contributed by atoms with E-state index in [0.29, 0.717) is 19.8 Å². The molecule has 1 aromatic rings. The van der Waals surface area contributed by atoms with Crippen LogP contribution in [0.5, 0.6) is 11.5 Å². The van der Waals surface area contributed by atoms with Gasteiger partial charge in [-0.2, -0.15) is 0 Å². The van der Waals surface area contributed by atoms with Crippen LogP contribution in [-0.4, -0.2) is 31.2 Å². The van der Waals surface area contributed by atoms with E-state index >= 15 is 0 Å². The first kappa shape index (κ1) is 12.7. The van der Waals surface area contributed by atoms with E-state index in [2.05, 4.69) is 0 Å². The molecule has 4 heterocycles. The number of rotatable bonds is 1. The van der Waals surface area contributed by atoms with Gasteiger partial charge < -0.3 is 18.9 Å². The molecule has 4 rings (SSSR count). The Morgan fingerprint density at radius 1 is 1.20 bits per heavy atom. The lowest BCUT2D eigenvalue weighted by atomic mass is 10.1. The number of hydrogen-bond acceptors (Lipinski definition) is 6. The smallest absolute Gasteiger partial charge is 0.176 e. The largest absolute Gasteiger partial charge is 0.490 e. The Balaban J connectivity index is 1.68. The standard InChI is InChI=1S/C14H16O4S2/c1-14(2)7-17-11-9(18-14)6-20-13(11)12-10-8(5-19-12)15-3-4-16-10/h6,12H,3-5,7H2,1-2H3. The van der Waals surface area contributed by atoms with E-state index in [0.717, 1.165) is 28.8 Å². The van der Waals surface area contributed by atoms with E-state index in [1.807, 2.05) is 31.0 Å². The summed E-state index contributed by atoms with van der Waals surface area (Å²) in [5.41, 5.74) is -0.261. The zero-order chi connectivity index (χ0) is 13.7. The highest BCUT2D eigenvalue weighted by Gasteiger charge is 2.39. The van der Waals surface area contributed by atoms with Crippen molar-refractivity contribution >= 4 is 23.1 Å². The van der Waals surface area contributed by atoms with E-state index in [4.69, 9.17) is 18.9 Å². The molecule has 4 nitrogen and oxygen atoms in total. The third-order valence-electron chi connectivity index (χ3n) is 3.44. The molecule has 3 aliphatic rings. The van der Waals surface area contributed by atoms with Crippen molar-refractivity contribution in [2.45, 2.75) is 24.7 Å². The van der Waals surface area contributed by atoms with Gasteiger partial charge in [-0.25, -0.2) is 0 Å². The number of ether oxygens (including phenoxy) is 4. The number of thiophene rings is 1. The molecule has 0 saturated carbocycles. The van der Waals surface area contributed by atoms with Gasteiger partial charge in [0.05, 0.1) is 10.6 Å². The second-order valence-corrected chi connectivity index (χ2v) is 7.62. The summed E-state index contributed by atoms with van der Waals surface area (Å²) in [4.78, 5) is 1.18. The van der Waals surface area contributed by atoms with Gasteiger partial charge in [0.25, 0.3) is 0 Å². The fourth-order valence-electron chi connectivity index (χ4n) is 2.54.